The molecule has 0 aliphatic carbocycles. The number of amides is 2. The quantitative estimate of drug-likeness (QED) is 0.912. The first-order valence-electron chi connectivity index (χ1n) is 8.11. The minimum atomic E-state index is -0.229. The van der Waals surface area contributed by atoms with Gasteiger partial charge >= 0.3 is 0 Å². The summed E-state index contributed by atoms with van der Waals surface area (Å²) in [5.74, 6) is 0.263. The van der Waals surface area contributed by atoms with Gasteiger partial charge in [0.1, 0.15) is 12.3 Å². The third kappa shape index (κ3) is 4.12. The van der Waals surface area contributed by atoms with Gasteiger partial charge in [0.25, 0.3) is 0 Å². The van der Waals surface area contributed by atoms with Gasteiger partial charge in [-0.3, -0.25) is 14.5 Å². The number of benzene rings is 2. The Morgan fingerprint density at radius 2 is 1.96 bits per heavy atom. The number of carbonyl (C=O) groups excluding carboxylic acids is 2. The Labute approximate surface area is 151 Å². The molecule has 1 heterocycles. The van der Waals surface area contributed by atoms with Crippen molar-refractivity contribution in [3.63, 3.8) is 0 Å². The molecule has 2 aromatic carbocycles. The fourth-order valence-corrected chi connectivity index (χ4v) is 2.88. The van der Waals surface area contributed by atoms with E-state index in [1.807, 2.05) is 31.2 Å². The van der Waals surface area contributed by atoms with E-state index in [-0.39, 0.29) is 30.8 Å². The Morgan fingerprint density at radius 1 is 1.24 bits per heavy atom. The first-order chi connectivity index (χ1) is 12.0. The number of nitrogens with one attached hydrogen (secondary N) is 1. The van der Waals surface area contributed by atoms with E-state index >= 15 is 0 Å². The molecular formula is C19H19ClN2O3. The maximum absolute atomic E-state index is 12.5. The third-order valence-corrected chi connectivity index (χ3v) is 4.33. The summed E-state index contributed by atoms with van der Waals surface area (Å²) in [5.41, 5.74) is 1.57. The molecule has 1 unspecified atom stereocenters. The molecule has 0 fully saturated rings. The van der Waals surface area contributed by atoms with Crippen LogP contribution >= 0.6 is 11.6 Å². The summed E-state index contributed by atoms with van der Waals surface area (Å²) in [7, 11) is 0. The highest BCUT2D eigenvalue weighted by atomic mass is 35.5. The zero-order valence-corrected chi connectivity index (χ0v) is 14.6. The van der Waals surface area contributed by atoms with Crippen molar-refractivity contribution in [2.75, 3.05) is 18.1 Å². The highest BCUT2D eigenvalue weighted by Crippen LogP contribution is 2.30. The van der Waals surface area contributed by atoms with Crippen LogP contribution in [0.5, 0.6) is 5.75 Å². The number of hydrogen-bond donors (Lipinski definition) is 1. The molecule has 130 valence electrons. The molecule has 1 atom stereocenters. The van der Waals surface area contributed by atoms with Crippen LogP contribution in [0, 0.1) is 0 Å². The second kappa shape index (κ2) is 7.57. The van der Waals surface area contributed by atoms with Crippen LogP contribution in [0.2, 0.25) is 5.02 Å². The molecule has 1 aliphatic heterocycles. The Kier molecular flexibility index (Phi) is 5.24. The average molecular weight is 359 g/mol. The molecule has 0 radical (unpaired) electrons. The van der Waals surface area contributed by atoms with E-state index < -0.39 is 0 Å². The maximum Gasteiger partial charge on any atom is 0.240 e. The average Bonchev–Trinajstić information content (AvgIpc) is 2.75. The van der Waals surface area contributed by atoms with Crippen molar-refractivity contribution in [2.45, 2.75) is 19.4 Å². The lowest BCUT2D eigenvalue weighted by molar-refractivity contribution is -0.124. The predicted octanol–water partition coefficient (Wildman–Crippen LogP) is 3.33. The van der Waals surface area contributed by atoms with Crippen LogP contribution < -0.4 is 15.0 Å². The number of fused-ring (bicyclic) bond motifs is 1. The van der Waals surface area contributed by atoms with Gasteiger partial charge in [0, 0.05) is 5.02 Å². The summed E-state index contributed by atoms with van der Waals surface area (Å²) < 4.78 is 5.59. The molecule has 1 aliphatic rings. The molecule has 0 bridgehead atoms. The predicted molar refractivity (Wildman–Crippen MR) is 96.9 cm³/mol. The topological polar surface area (TPSA) is 58.6 Å². The van der Waals surface area contributed by atoms with Gasteiger partial charge in [0.2, 0.25) is 11.8 Å². The Bertz CT molecular complexity index is 776. The number of hydrogen-bond acceptors (Lipinski definition) is 3. The van der Waals surface area contributed by atoms with E-state index in [0.717, 1.165) is 5.56 Å². The molecule has 3 rings (SSSR count). The molecule has 25 heavy (non-hydrogen) atoms. The van der Waals surface area contributed by atoms with Gasteiger partial charge in [-0.2, -0.15) is 0 Å². The molecule has 2 aromatic rings. The van der Waals surface area contributed by atoms with Gasteiger partial charge in [-0.1, -0.05) is 35.9 Å². The van der Waals surface area contributed by atoms with Crippen molar-refractivity contribution in [1.82, 2.24) is 5.32 Å². The molecule has 0 spiro atoms. The van der Waals surface area contributed by atoms with Crippen LogP contribution in [-0.2, 0) is 9.59 Å². The fraction of sp³-hybridized carbons (Fsp3) is 0.263. The third-order valence-electron chi connectivity index (χ3n) is 4.08. The van der Waals surface area contributed by atoms with Crippen molar-refractivity contribution in [2.24, 2.45) is 0 Å². The summed E-state index contributed by atoms with van der Waals surface area (Å²) in [5, 5.41) is 3.57. The van der Waals surface area contributed by atoms with Gasteiger partial charge in [-0.15, -0.1) is 0 Å². The Hall–Kier alpha value is -2.53. The Morgan fingerprint density at radius 3 is 2.72 bits per heavy atom. The van der Waals surface area contributed by atoms with Crippen LogP contribution in [0.4, 0.5) is 5.69 Å². The van der Waals surface area contributed by atoms with Crippen molar-refractivity contribution in [1.29, 1.82) is 0 Å². The normalized spacial score (nSPS) is 15.0. The largest absolute Gasteiger partial charge is 0.491 e. The van der Waals surface area contributed by atoms with Crippen molar-refractivity contribution >= 4 is 29.1 Å². The second-order valence-electron chi connectivity index (χ2n) is 5.89. The van der Waals surface area contributed by atoms with E-state index in [0.29, 0.717) is 23.1 Å². The molecule has 0 saturated heterocycles. The van der Waals surface area contributed by atoms with E-state index in [2.05, 4.69) is 5.32 Å². The van der Waals surface area contributed by atoms with E-state index in [1.54, 1.807) is 24.3 Å². The van der Waals surface area contributed by atoms with Gasteiger partial charge < -0.3 is 10.1 Å². The number of ether oxygens (including phenoxy) is 1. The number of anilines is 1. The van der Waals surface area contributed by atoms with Crippen molar-refractivity contribution in [3.8, 4) is 5.75 Å². The standard InChI is InChI=1S/C19H19ClN2O3/c1-13(14-6-8-15(20)9-7-14)21-18(23)12-22-16-4-2-3-5-17(16)25-11-10-19(22)24/h2-9,13H,10-12H2,1H3,(H,21,23). The maximum atomic E-state index is 12.5. The number of carbonyl (C=O) groups is 2. The van der Waals surface area contributed by atoms with E-state index in [1.165, 1.54) is 4.90 Å². The smallest absolute Gasteiger partial charge is 0.240 e. The zero-order chi connectivity index (χ0) is 17.8. The highest BCUT2D eigenvalue weighted by Gasteiger charge is 2.25. The molecular weight excluding hydrogens is 340 g/mol. The lowest BCUT2D eigenvalue weighted by atomic mass is 10.1. The molecule has 2 amide bonds. The molecule has 5 nitrogen and oxygen atoms in total. The lowest BCUT2D eigenvalue weighted by Gasteiger charge is -2.23. The van der Waals surface area contributed by atoms with Gasteiger partial charge in [-0.25, -0.2) is 0 Å². The first-order valence-corrected chi connectivity index (χ1v) is 8.49. The highest BCUT2D eigenvalue weighted by molar-refractivity contribution is 6.30. The molecule has 0 aromatic heterocycles. The minimum Gasteiger partial charge on any atom is -0.491 e. The van der Waals surface area contributed by atoms with Crippen LogP contribution in [0.1, 0.15) is 24.9 Å². The second-order valence-corrected chi connectivity index (χ2v) is 6.32. The number of halogens is 1. The van der Waals surface area contributed by atoms with Crippen LogP contribution in [0.3, 0.4) is 0 Å². The summed E-state index contributed by atoms with van der Waals surface area (Å²) in [6, 6.07) is 14.4. The van der Waals surface area contributed by atoms with E-state index in [4.69, 9.17) is 16.3 Å². The monoisotopic (exact) mass is 358 g/mol. The molecule has 6 heteroatoms. The minimum absolute atomic E-state index is 0.0445. The zero-order valence-electron chi connectivity index (χ0n) is 13.9. The lowest BCUT2D eigenvalue weighted by Crippen LogP contribution is -2.41. The number of para-hydroxylation sites is 2. The Balaban J connectivity index is 1.71. The van der Waals surface area contributed by atoms with Crippen molar-refractivity contribution < 1.29 is 14.3 Å². The molecule has 0 saturated carbocycles. The number of rotatable bonds is 4. The SMILES string of the molecule is CC(NC(=O)CN1C(=O)CCOc2ccccc21)c1ccc(Cl)cc1. The van der Waals surface area contributed by atoms with Crippen LogP contribution in [-0.4, -0.2) is 25.0 Å². The van der Waals surface area contributed by atoms with Gasteiger partial charge in [0.15, 0.2) is 0 Å². The van der Waals surface area contributed by atoms with Crippen LogP contribution in [0.15, 0.2) is 48.5 Å². The first kappa shape index (κ1) is 17.3. The summed E-state index contributed by atoms with van der Waals surface area (Å²) in [6.07, 6.45) is 0.245. The van der Waals surface area contributed by atoms with Crippen molar-refractivity contribution in [3.05, 3.63) is 59.1 Å². The van der Waals surface area contributed by atoms with Gasteiger partial charge in [-0.05, 0) is 36.8 Å². The summed E-state index contributed by atoms with van der Waals surface area (Å²) in [6.45, 7) is 2.16. The van der Waals surface area contributed by atoms with E-state index in [9.17, 15) is 9.59 Å². The number of nitrogens with zero attached hydrogens (tertiary/aromatic N) is 1. The fourth-order valence-electron chi connectivity index (χ4n) is 2.76. The van der Waals surface area contributed by atoms with Crippen LogP contribution in [0.25, 0.3) is 0 Å². The molecule has 1 N–H and O–H groups in total. The van der Waals surface area contributed by atoms with Gasteiger partial charge in [0.05, 0.1) is 24.8 Å². The summed E-state index contributed by atoms with van der Waals surface area (Å²) in [4.78, 5) is 26.3. The summed E-state index contributed by atoms with van der Waals surface area (Å²) >= 11 is 5.89.